The first-order valence-corrected chi connectivity index (χ1v) is 16.9. The quantitative estimate of drug-likeness (QED) is 0.115. The molecule has 5 rings (SSSR count). The van der Waals surface area contributed by atoms with E-state index in [2.05, 4.69) is 4.98 Å². The van der Waals surface area contributed by atoms with Crippen LogP contribution in [0.2, 0.25) is 5.02 Å². The fraction of sp³-hybridized carbons (Fsp3) is 0.417. The van der Waals surface area contributed by atoms with E-state index >= 15 is 4.39 Å². The van der Waals surface area contributed by atoms with Gasteiger partial charge in [0.25, 0.3) is 0 Å². The number of nitrogens with zero attached hydrogens (tertiary/aromatic N) is 6. The molecule has 1 aliphatic heterocycles. The van der Waals surface area contributed by atoms with Gasteiger partial charge < -0.3 is 24.0 Å². The highest BCUT2D eigenvalue weighted by Gasteiger charge is 2.45. The molecule has 0 radical (unpaired) electrons. The number of benzene rings is 1. The molecule has 14 nitrogen and oxygen atoms in total. The Hall–Kier alpha value is -5.31. The van der Waals surface area contributed by atoms with Gasteiger partial charge in [0, 0.05) is 18.8 Å². The number of piperazine rings is 1. The Morgan fingerprint density at radius 1 is 1.13 bits per heavy atom. The van der Waals surface area contributed by atoms with E-state index < -0.39 is 51.7 Å². The summed E-state index contributed by atoms with van der Waals surface area (Å²) in [6.07, 6.45) is 0.862. The number of hydrogen-bond donors (Lipinski definition) is 0. The lowest BCUT2D eigenvalue weighted by atomic mass is 10.0. The number of carbonyl (C=O) groups is 2. The smallest absolute Gasteiger partial charge is 0.410 e. The average molecular weight is 739 g/mol. The van der Waals surface area contributed by atoms with Crippen LogP contribution in [-0.4, -0.2) is 81.4 Å². The number of esters is 1. The van der Waals surface area contributed by atoms with Crippen molar-refractivity contribution in [3.05, 3.63) is 79.1 Å². The molecule has 0 aliphatic carbocycles. The molecule has 16 heteroatoms. The summed E-state index contributed by atoms with van der Waals surface area (Å²) in [5, 5.41) is 13.0. The summed E-state index contributed by atoms with van der Waals surface area (Å²) in [4.78, 5) is 65.8. The Bertz CT molecular complexity index is 2150. The SMILES string of the molecule is COC(=O)[C@H]1CN(C(=O)OC(C)(C)C)[C@H](C)CN1c1c([N+](=O)[O-])c(=O)n(-c2c(C)ccnc2C(C)C)c2nc(-c3c(F)cccc3OC)c(Cl)cc12. The lowest BCUT2D eigenvalue weighted by Gasteiger charge is -2.45. The van der Waals surface area contributed by atoms with E-state index in [1.165, 1.54) is 41.2 Å². The Morgan fingerprint density at radius 2 is 1.83 bits per heavy atom. The molecular formula is C36H40ClFN6O8. The number of hydrogen-bond acceptors (Lipinski definition) is 11. The molecule has 276 valence electrons. The maximum Gasteiger partial charge on any atom is 0.410 e. The zero-order chi connectivity index (χ0) is 38.4. The van der Waals surface area contributed by atoms with Crippen molar-refractivity contribution in [2.45, 2.75) is 72.1 Å². The van der Waals surface area contributed by atoms with Crippen LogP contribution >= 0.6 is 11.6 Å². The van der Waals surface area contributed by atoms with Crippen LogP contribution in [0.15, 0.2) is 41.3 Å². The number of aromatic nitrogens is 3. The van der Waals surface area contributed by atoms with Crippen molar-refractivity contribution in [1.29, 1.82) is 0 Å². The van der Waals surface area contributed by atoms with E-state index in [1.807, 2.05) is 13.8 Å². The van der Waals surface area contributed by atoms with Gasteiger partial charge in [-0.2, -0.15) is 0 Å². The summed E-state index contributed by atoms with van der Waals surface area (Å²) in [5.41, 5.74) is -2.18. The molecule has 1 aliphatic rings. The van der Waals surface area contributed by atoms with Gasteiger partial charge in [-0.3, -0.25) is 24.5 Å². The summed E-state index contributed by atoms with van der Waals surface area (Å²) in [7, 11) is 2.50. The van der Waals surface area contributed by atoms with Gasteiger partial charge in [0.1, 0.15) is 28.9 Å². The van der Waals surface area contributed by atoms with Crippen LogP contribution in [-0.2, 0) is 14.3 Å². The fourth-order valence-electron chi connectivity index (χ4n) is 6.42. The highest BCUT2D eigenvalue weighted by atomic mass is 35.5. The number of ether oxygens (including phenoxy) is 3. The van der Waals surface area contributed by atoms with Gasteiger partial charge in [-0.1, -0.05) is 31.5 Å². The molecule has 0 bridgehead atoms. The minimum Gasteiger partial charge on any atom is -0.496 e. The molecule has 0 spiro atoms. The van der Waals surface area contributed by atoms with Gasteiger partial charge in [-0.05, 0) is 70.4 Å². The number of rotatable bonds is 7. The van der Waals surface area contributed by atoms with Gasteiger partial charge in [0.15, 0.2) is 5.65 Å². The second-order valence-corrected chi connectivity index (χ2v) is 14.2. The molecular weight excluding hydrogens is 699 g/mol. The molecule has 0 unspecified atom stereocenters. The van der Waals surface area contributed by atoms with Gasteiger partial charge >= 0.3 is 23.3 Å². The predicted molar refractivity (Wildman–Crippen MR) is 193 cm³/mol. The number of halogens is 2. The van der Waals surface area contributed by atoms with Gasteiger partial charge in [0.2, 0.25) is 0 Å². The molecule has 4 heterocycles. The standard InChI is InChI=1S/C36H40ClFN6O8/c1-18(2)27-29(19(3)13-14-39-27)43-32-21(15-22(37)28(40-32)26-23(38)11-10-12-25(26)50-8)30(31(33(43)45)44(48)49)42-16-20(4)41(17-24(42)34(46)51-9)35(47)52-36(5,6)7/h10-15,18,20,24H,16-17H2,1-9H3/t20-,24-/m1/s1. The Labute approximate surface area is 304 Å². The minimum atomic E-state index is -1.33. The Morgan fingerprint density at radius 3 is 2.42 bits per heavy atom. The van der Waals surface area contributed by atoms with Crippen LogP contribution < -0.4 is 15.2 Å². The van der Waals surface area contributed by atoms with Crippen LogP contribution in [0.3, 0.4) is 0 Å². The summed E-state index contributed by atoms with van der Waals surface area (Å²) < 4.78 is 32.8. The summed E-state index contributed by atoms with van der Waals surface area (Å²) in [6, 6.07) is 5.16. The van der Waals surface area contributed by atoms with Crippen LogP contribution in [0.1, 0.15) is 58.7 Å². The third kappa shape index (κ3) is 6.84. The molecule has 3 aromatic heterocycles. The third-order valence-corrected chi connectivity index (χ3v) is 9.01. The normalized spacial score (nSPS) is 16.3. The van der Waals surface area contributed by atoms with Crippen molar-refractivity contribution >= 4 is 46.1 Å². The summed E-state index contributed by atoms with van der Waals surface area (Å²) in [5.74, 6) is -1.70. The molecule has 0 saturated carbocycles. The number of nitro groups is 1. The molecule has 1 fully saturated rings. The molecule has 1 aromatic carbocycles. The molecule has 2 atom stereocenters. The zero-order valence-corrected chi connectivity index (χ0v) is 31.1. The van der Waals surface area contributed by atoms with Crippen molar-refractivity contribution in [3.63, 3.8) is 0 Å². The largest absolute Gasteiger partial charge is 0.496 e. The predicted octanol–water partition coefficient (Wildman–Crippen LogP) is 6.58. The minimum absolute atomic E-state index is 0.000126. The van der Waals surface area contributed by atoms with Gasteiger partial charge in [0.05, 0.1) is 58.7 Å². The van der Waals surface area contributed by atoms with E-state index in [9.17, 15) is 24.5 Å². The Balaban J connectivity index is 1.94. The number of anilines is 1. The molecule has 4 aromatic rings. The zero-order valence-electron chi connectivity index (χ0n) is 30.3. The number of aryl methyl sites for hydroxylation is 1. The van der Waals surface area contributed by atoms with Crippen molar-refractivity contribution in [2.75, 3.05) is 32.2 Å². The first kappa shape index (κ1) is 37.9. The maximum absolute atomic E-state index is 15.6. The van der Waals surface area contributed by atoms with Crippen molar-refractivity contribution < 1.29 is 33.1 Å². The third-order valence-electron chi connectivity index (χ3n) is 8.72. The number of methoxy groups -OCH3 is 2. The van der Waals surface area contributed by atoms with E-state index in [4.69, 9.17) is 30.8 Å². The van der Waals surface area contributed by atoms with E-state index in [0.29, 0.717) is 11.3 Å². The van der Waals surface area contributed by atoms with Gasteiger partial charge in [-0.25, -0.2) is 19.0 Å². The van der Waals surface area contributed by atoms with Crippen LogP contribution in [0.25, 0.3) is 28.0 Å². The number of fused-ring (bicyclic) bond motifs is 1. The monoisotopic (exact) mass is 738 g/mol. The first-order valence-electron chi connectivity index (χ1n) is 16.5. The maximum atomic E-state index is 15.6. The van der Waals surface area contributed by atoms with Crippen molar-refractivity contribution in [3.8, 4) is 22.7 Å². The summed E-state index contributed by atoms with van der Waals surface area (Å²) in [6.45, 7) is 11.8. The molecule has 1 amide bonds. The molecule has 0 N–H and O–H groups in total. The second kappa shape index (κ2) is 14.4. The van der Waals surface area contributed by atoms with Crippen molar-refractivity contribution in [1.82, 2.24) is 19.4 Å². The van der Waals surface area contributed by atoms with Crippen LogP contribution in [0, 0.1) is 22.9 Å². The lowest BCUT2D eigenvalue weighted by molar-refractivity contribution is -0.385. The first-order chi connectivity index (χ1) is 24.4. The van der Waals surface area contributed by atoms with Crippen LogP contribution in [0.5, 0.6) is 5.75 Å². The second-order valence-electron chi connectivity index (χ2n) is 13.8. The van der Waals surface area contributed by atoms with E-state index in [0.717, 1.165) is 11.7 Å². The fourth-order valence-corrected chi connectivity index (χ4v) is 6.66. The number of carbonyl (C=O) groups excluding carboxylic acids is 2. The average Bonchev–Trinajstić information content (AvgIpc) is 3.06. The van der Waals surface area contributed by atoms with Crippen molar-refractivity contribution in [2.24, 2.45) is 0 Å². The van der Waals surface area contributed by atoms with E-state index in [-0.39, 0.29) is 63.4 Å². The van der Waals surface area contributed by atoms with Gasteiger partial charge in [-0.15, -0.1) is 0 Å². The Kier molecular flexibility index (Phi) is 10.5. The highest BCUT2D eigenvalue weighted by molar-refractivity contribution is 6.34. The topological polar surface area (TPSA) is 159 Å². The van der Waals surface area contributed by atoms with Crippen LogP contribution in [0.4, 0.5) is 20.6 Å². The molecule has 52 heavy (non-hydrogen) atoms. The lowest BCUT2D eigenvalue weighted by Crippen LogP contribution is -2.62. The molecule has 1 saturated heterocycles. The van der Waals surface area contributed by atoms with E-state index in [1.54, 1.807) is 46.9 Å². The number of pyridine rings is 3. The number of amides is 1. The highest BCUT2D eigenvalue weighted by Crippen LogP contribution is 2.43. The summed E-state index contributed by atoms with van der Waals surface area (Å²) >= 11 is 6.88.